The van der Waals surface area contributed by atoms with Crippen molar-refractivity contribution < 1.29 is 95.2 Å². The second-order valence-corrected chi connectivity index (χ2v) is 0.678. The molecule has 13 nitrogen and oxygen atoms in total. The van der Waals surface area contributed by atoms with Crippen LogP contribution in [0.5, 0.6) is 0 Å². The molecule has 0 aliphatic rings. The van der Waals surface area contributed by atoms with Crippen LogP contribution >= 0.6 is 0 Å². The maximum absolute atomic E-state index is 7.84. The fourth-order valence-electron chi connectivity index (χ4n) is 0.0264. The van der Waals surface area contributed by atoms with Crippen molar-refractivity contribution in [3.63, 3.8) is 0 Å². The molecule has 30 heavy (non-hydrogen) atoms. The van der Waals surface area contributed by atoms with E-state index in [1.807, 2.05) is 0 Å². The van der Waals surface area contributed by atoms with Gasteiger partial charge >= 0.3 is 38.2 Å². The van der Waals surface area contributed by atoms with Crippen molar-refractivity contribution in [2.75, 3.05) is 6.61 Å². The molecule has 0 atom stereocenters. The van der Waals surface area contributed by atoms with Gasteiger partial charge in [0.05, 0.1) is 0 Å². The fourth-order valence-corrected chi connectivity index (χ4v) is 0.109. The minimum absolute atomic E-state index is 0. The molecule has 1 N–H and O–H groups in total. The van der Waals surface area contributed by atoms with Gasteiger partial charge in [-0.2, -0.15) is 0 Å². The first-order chi connectivity index (χ1) is 14.4. The molecule has 159 valence electrons. The zero-order valence-corrected chi connectivity index (χ0v) is 15.8. The summed E-state index contributed by atoms with van der Waals surface area (Å²) in [5.41, 5.74) is 0. The summed E-state index contributed by atoms with van der Waals surface area (Å²) < 4.78 is 0. The van der Waals surface area contributed by atoms with Crippen LogP contribution in [0.4, 0.5) is 0 Å². The number of carbonyl (C=O) groups excluding carboxylic acids is 12. The van der Waals surface area contributed by atoms with Crippen LogP contribution in [-0.2, 0) is 90.1 Å². The molecule has 0 saturated carbocycles. The van der Waals surface area contributed by atoms with E-state index in [2.05, 4.69) is 108 Å². The zero-order chi connectivity index (χ0) is 28.1. The molecule has 0 rings (SSSR count). The summed E-state index contributed by atoms with van der Waals surface area (Å²) in [5, 5.41) is 7.84. The zero-order valence-electron chi connectivity index (χ0n) is 13.7. The molecule has 0 aliphatic carbocycles. The number of aliphatic hydroxyl groups is 1. The first-order valence-corrected chi connectivity index (χ1v) is 4.06. The van der Waals surface area contributed by atoms with Gasteiger partial charge in [0.15, 0.2) is 0 Å². The van der Waals surface area contributed by atoms with Gasteiger partial charge in [-0.3, -0.25) is 57.5 Å². The Morgan fingerprint density at radius 3 is 0.533 bits per heavy atom. The Balaban J connectivity index is -0.00000000785. The van der Waals surface area contributed by atoms with E-state index in [0.717, 1.165) is 0 Å². The van der Waals surface area contributed by atoms with Crippen LogP contribution in [0.2, 0.25) is 0 Å². The third kappa shape index (κ3) is 6710. The Hall–Kier alpha value is -3.43. The van der Waals surface area contributed by atoms with Crippen molar-refractivity contribution >= 4 is 81.5 Å². The molecule has 15 heteroatoms. The fraction of sp³-hybridized carbons (Fsp3) is 0.0667. The Kier molecular flexibility index (Phi) is 310000. The van der Waals surface area contributed by atoms with Crippen LogP contribution in [-0.4, -0.2) is 93.2 Å². The summed E-state index contributed by atoms with van der Waals surface area (Å²) in [6, 6.07) is 0. The van der Waals surface area contributed by atoms with Crippen LogP contribution in [0.25, 0.3) is 0 Å². The summed E-state index contributed by atoms with van der Waals surface area (Å²) in [5.74, 6) is 2.28. The molecule has 25 radical (unpaired) electrons. The molecule has 0 spiro atoms. The average Bonchev–Trinajstić information content (AvgIpc) is 2.94. The number of hydrogen-bond acceptors (Lipinski definition) is 13. The molecule has 0 saturated heterocycles. The van der Waals surface area contributed by atoms with E-state index < -0.39 is 0 Å². The monoisotopic (exact) mass is 509 g/mol. The summed E-state index contributed by atoms with van der Waals surface area (Å²) in [6.45, 7) is 53.9. The van der Waals surface area contributed by atoms with Crippen molar-refractivity contribution in [1.29, 1.82) is 0 Å². The van der Waals surface area contributed by atoms with E-state index >= 15 is 0 Å². The van der Waals surface area contributed by atoms with Gasteiger partial charge in [0, 0.05) is 16.8 Å². The molecular weight excluding hydrogens is 506 g/mol. The molecule has 0 unspecified atom stereocenters. The van der Waals surface area contributed by atoms with Crippen molar-refractivity contribution in [2.45, 2.75) is 0 Å². The first kappa shape index (κ1) is 110. The van der Waals surface area contributed by atoms with Crippen LogP contribution in [0.1, 0.15) is 0 Å². The van der Waals surface area contributed by atoms with E-state index in [1.54, 1.807) is 0 Å². The van der Waals surface area contributed by atoms with Crippen LogP contribution in [0.3, 0.4) is 0 Å². The average molecular weight is 509 g/mol. The summed E-state index contributed by atoms with van der Waals surface area (Å²) in [7, 11) is 0. The van der Waals surface area contributed by atoms with E-state index in [-0.39, 0.29) is 23.4 Å². The van der Waals surface area contributed by atoms with Crippen LogP contribution in [0.15, 0.2) is 0 Å². The van der Waals surface area contributed by atoms with E-state index in [4.69, 9.17) is 62.6 Å². The second kappa shape index (κ2) is 84700. The summed E-state index contributed by atoms with van der Waals surface area (Å²) in [6.07, 6.45) is 0. The molecule has 0 fully saturated rings. The van der Waals surface area contributed by atoms with Gasteiger partial charge in [-0.25, -0.2) is 0 Å². The molecule has 0 heterocycles. The SMILES string of the molecule is OCC#[C][Co].[C]=O.[C]=O.[C]=O.[C]=O.[C]=O.[C]=O.[C]=O.[C]=O.[C]=O.[C]=O.[C]=O.[C]=O.[Co]. The molecule has 0 amide bonds. The second-order valence-electron chi connectivity index (χ2n) is 0.418. The van der Waals surface area contributed by atoms with Crippen molar-refractivity contribution in [3.8, 4) is 10.8 Å². The number of rotatable bonds is 0. The van der Waals surface area contributed by atoms with Gasteiger partial charge in [0.1, 0.15) is 0 Å². The first-order valence-electron chi connectivity index (χ1n) is 3.54. The minimum Gasteiger partial charge on any atom is -0.281 e. The van der Waals surface area contributed by atoms with E-state index in [9.17, 15) is 0 Å². The smallest absolute Gasteiger partial charge is 0.281 e. The van der Waals surface area contributed by atoms with Crippen LogP contribution in [0, 0.1) is 10.8 Å². The minimum atomic E-state index is -0.0955. The predicted octanol–water partition coefficient (Wildman–Crippen LogP) is -5.28. The van der Waals surface area contributed by atoms with Gasteiger partial charge in [-0.1, -0.05) is 0 Å². The van der Waals surface area contributed by atoms with Gasteiger partial charge in [-0.15, -0.1) is 0 Å². The van der Waals surface area contributed by atoms with E-state index in [0.29, 0.717) is 0 Å². The third-order valence-electron chi connectivity index (χ3n) is 0.138. The third-order valence-corrected chi connectivity index (χ3v) is 0.322. The molecule has 0 aromatic carbocycles. The standard InChI is InChI=1S/C3H3O.12CO.2Co/c1-2-3-4;12*1-2;;/h4H,3H2;;;;;;;;;;;;;;. The Morgan fingerprint density at radius 2 is 0.533 bits per heavy atom. The number of hydrogen-bond donors (Lipinski definition) is 1. The molecule has 0 aliphatic heterocycles. The maximum atomic E-state index is 7.84. The predicted molar refractivity (Wildman–Crippen MR) is 83.2 cm³/mol. The summed E-state index contributed by atoms with van der Waals surface area (Å²) in [4.78, 5) is 92.2. The Bertz CT molecular complexity index is 177. The Labute approximate surface area is 194 Å². The van der Waals surface area contributed by atoms with Gasteiger partial charge < -0.3 is 0 Å². The molecule has 0 aromatic rings. The largest absolute Gasteiger partial charge is 0.281 e. The van der Waals surface area contributed by atoms with E-state index in [1.165, 1.54) is 0 Å². The van der Waals surface area contributed by atoms with Gasteiger partial charge in [0.2, 0.25) is 0 Å². The quantitative estimate of drug-likeness (QED) is 0.302. The van der Waals surface area contributed by atoms with Gasteiger partial charge in [0.25, 0.3) is 81.5 Å². The van der Waals surface area contributed by atoms with Crippen LogP contribution < -0.4 is 0 Å². The van der Waals surface area contributed by atoms with Crippen molar-refractivity contribution in [3.05, 3.63) is 0 Å². The topological polar surface area (TPSA) is 225 Å². The van der Waals surface area contributed by atoms with Crippen molar-refractivity contribution in [1.82, 2.24) is 0 Å². The normalized spacial score (nSPS) is 2.50. The van der Waals surface area contributed by atoms with Gasteiger partial charge in [-0.05, 0) is 0 Å². The molecular formula is C15H3Co2O13. The number of aliphatic hydroxyl groups excluding tert-OH is 1. The van der Waals surface area contributed by atoms with Crippen molar-refractivity contribution in [2.24, 2.45) is 0 Å². The summed E-state index contributed by atoms with van der Waals surface area (Å²) >= 11 is 3.52. The molecule has 0 bridgehead atoms. The molecule has 0 aromatic heterocycles. The Morgan fingerprint density at radius 1 is 0.433 bits per heavy atom. The maximum Gasteiger partial charge on any atom is 0.281 e.